The Kier molecular flexibility index (Phi) is 5.82. The lowest BCUT2D eigenvalue weighted by atomic mass is 10.00. The van der Waals surface area contributed by atoms with Gasteiger partial charge in [-0.15, -0.1) is 0 Å². The van der Waals surface area contributed by atoms with Crippen LogP contribution in [0.15, 0.2) is 24.3 Å². The number of likely N-dealkylation sites (tertiary alicyclic amines) is 1. The standard InChI is InChI=1S/C15H19ClN2O2S/c1-11-6-8-18(9-7-11)15(21)17-14(19)10-20-13-4-2-12(16)3-5-13/h2-5,11H,6-10H2,1H3,(H,17,19,21). The van der Waals surface area contributed by atoms with Crippen LogP contribution in [0.2, 0.25) is 5.02 Å². The minimum Gasteiger partial charge on any atom is -0.484 e. The van der Waals surface area contributed by atoms with Gasteiger partial charge in [0, 0.05) is 18.1 Å². The molecule has 0 unspecified atom stereocenters. The summed E-state index contributed by atoms with van der Waals surface area (Å²) in [6, 6.07) is 6.88. The van der Waals surface area contributed by atoms with Gasteiger partial charge >= 0.3 is 0 Å². The highest BCUT2D eigenvalue weighted by Gasteiger charge is 2.19. The third-order valence-corrected chi connectivity index (χ3v) is 4.11. The number of thiocarbonyl (C=S) groups is 1. The molecule has 0 spiro atoms. The Morgan fingerprint density at radius 1 is 1.38 bits per heavy atom. The summed E-state index contributed by atoms with van der Waals surface area (Å²) >= 11 is 11.0. The number of hydrogen-bond acceptors (Lipinski definition) is 3. The summed E-state index contributed by atoms with van der Waals surface area (Å²) in [6.07, 6.45) is 2.22. The second-order valence-corrected chi connectivity index (χ2v) is 6.09. The van der Waals surface area contributed by atoms with E-state index in [1.54, 1.807) is 24.3 Å². The first-order valence-corrected chi connectivity index (χ1v) is 7.80. The molecule has 1 N–H and O–H groups in total. The van der Waals surface area contributed by atoms with Crippen molar-refractivity contribution in [1.29, 1.82) is 0 Å². The van der Waals surface area contributed by atoms with Gasteiger partial charge in [-0.3, -0.25) is 4.79 Å². The fourth-order valence-corrected chi connectivity index (χ4v) is 2.55. The molecule has 0 atom stereocenters. The lowest BCUT2D eigenvalue weighted by molar-refractivity contribution is -0.121. The number of nitrogens with one attached hydrogen (secondary N) is 1. The van der Waals surface area contributed by atoms with Crippen LogP contribution in [0.1, 0.15) is 19.8 Å². The highest BCUT2D eigenvalue weighted by molar-refractivity contribution is 7.80. The zero-order valence-corrected chi connectivity index (χ0v) is 13.5. The van der Waals surface area contributed by atoms with Gasteiger partial charge < -0.3 is 15.0 Å². The van der Waals surface area contributed by atoms with Gasteiger partial charge in [0.05, 0.1) is 0 Å². The minimum absolute atomic E-state index is 0.0635. The predicted octanol–water partition coefficient (Wildman–Crippen LogP) is 2.85. The molecule has 0 saturated carbocycles. The van der Waals surface area contributed by atoms with Gasteiger partial charge in [0.25, 0.3) is 5.91 Å². The summed E-state index contributed by atoms with van der Waals surface area (Å²) in [5.74, 6) is 1.09. The average Bonchev–Trinajstić information content (AvgIpc) is 2.47. The number of piperidine rings is 1. The second-order valence-electron chi connectivity index (χ2n) is 5.27. The molecule has 0 aliphatic carbocycles. The molecule has 2 rings (SSSR count). The zero-order chi connectivity index (χ0) is 15.2. The Hall–Kier alpha value is -1.33. The van der Waals surface area contributed by atoms with Crippen LogP contribution in [0.5, 0.6) is 5.75 Å². The van der Waals surface area contributed by atoms with Gasteiger partial charge in [0.15, 0.2) is 11.7 Å². The summed E-state index contributed by atoms with van der Waals surface area (Å²) in [5.41, 5.74) is 0. The molecule has 1 aromatic rings. The number of ether oxygens (including phenoxy) is 1. The number of amides is 1. The van der Waals surface area contributed by atoms with Crippen molar-refractivity contribution in [3.05, 3.63) is 29.3 Å². The van der Waals surface area contributed by atoms with Crippen molar-refractivity contribution >= 4 is 34.8 Å². The van der Waals surface area contributed by atoms with E-state index in [-0.39, 0.29) is 12.5 Å². The first-order valence-electron chi connectivity index (χ1n) is 7.01. The first-order chi connectivity index (χ1) is 10.0. The molecule has 1 aliphatic heterocycles. The molecule has 21 heavy (non-hydrogen) atoms. The lowest BCUT2D eigenvalue weighted by Gasteiger charge is -2.32. The number of rotatable bonds is 3. The van der Waals surface area contributed by atoms with Crippen LogP contribution in [-0.2, 0) is 4.79 Å². The zero-order valence-electron chi connectivity index (χ0n) is 12.0. The average molecular weight is 327 g/mol. The maximum absolute atomic E-state index is 11.8. The number of carbonyl (C=O) groups excluding carboxylic acids is 1. The van der Waals surface area contributed by atoms with E-state index in [0.717, 1.165) is 31.8 Å². The Morgan fingerprint density at radius 3 is 2.62 bits per heavy atom. The monoisotopic (exact) mass is 326 g/mol. The summed E-state index contributed by atoms with van der Waals surface area (Å²) in [7, 11) is 0. The SMILES string of the molecule is CC1CCN(C(=S)NC(=O)COc2ccc(Cl)cc2)CC1. The molecule has 6 heteroatoms. The van der Waals surface area contributed by atoms with Crippen LogP contribution in [-0.4, -0.2) is 35.6 Å². The highest BCUT2D eigenvalue weighted by Crippen LogP contribution is 2.16. The number of benzene rings is 1. The summed E-state index contributed by atoms with van der Waals surface area (Å²) in [4.78, 5) is 13.9. The van der Waals surface area contributed by atoms with Crippen molar-refractivity contribution in [3.63, 3.8) is 0 Å². The van der Waals surface area contributed by atoms with Crippen LogP contribution in [0, 0.1) is 5.92 Å². The van der Waals surface area contributed by atoms with Crippen LogP contribution < -0.4 is 10.1 Å². The van der Waals surface area contributed by atoms with Crippen LogP contribution >= 0.6 is 23.8 Å². The molecule has 0 aromatic heterocycles. The summed E-state index contributed by atoms with van der Waals surface area (Å²) in [6.45, 7) is 3.97. The Morgan fingerprint density at radius 2 is 2.00 bits per heavy atom. The Balaban J connectivity index is 1.74. The molecular weight excluding hydrogens is 308 g/mol. The largest absolute Gasteiger partial charge is 0.484 e. The maximum atomic E-state index is 11.8. The minimum atomic E-state index is -0.242. The molecule has 4 nitrogen and oxygen atoms in total. The summed E-state index contributed by atoms with van der Waals surface area (Å²) in [5, 5.41) is 3.84. The molecular formula is C15H19ClN2O2S. The lowest BCUT2D eigenvalue weighted by Crippen LogP contribution is -2.47. The molecule has 1 heterocycles. The molecule has 1 aromatic carbocycles. The van der Waals surface area contributed by atoms with Crippen LogP contribution in [0.4, 0.5) is 0 Å². The van der Waals surface area contributed by atoms with Crippen LogP contribution in [0.25, 0.3) is 0 Å². The third kappa shape index (κ3) is 5.17. The Labute approximate surface area is 135 Å². The predicted molar refractivity (Wildman–Crippen MR) is 87.7 cm³/mol. The van der Waals surface area contributed by atoms with Crippen molar-refractivity contribution in [2.24, 2.45) is 5.92 Å². The van der Waals surface area contributed by atoms with Crippen molar-refractivity contribution in [3.8, 4) is 5.75 Å². The summed E-state index contributed by atoms with van der Waals surface area (Å²) < 4.78 is 5.38. The number of carbonyl (C=O) groups is 1. The van der Waals surface area contributed by atoms with Gasteiger partial charge in [-0.05, 0) is 55.2 Å². The van der Waals surface area contributed by atoms with E-state index in [0.29, 0.717) is 15.9 Å². The second kappa shape index (κ2) is 7.61. The molecule has 1 aliphatic rings. The number of nitrogens with zero attached hydrogens (tertiary/aromatic N) is 1. The first kappa shape index (κ1) is 16.0. The molecule has 1 fully saturated rings. The maximum Gasteiger partial charge on any atom is 0.264 e. The van der Waals surface area contributed by atoms with Crippen molar-refractivity contribution in [1.82, 2.24) is 10.2 Å². The van der Waals surface area contributed by atoms with E-state index in [9.17, 15) is 4.79 Å². The van der Waals surface area contributed by atoms with E-state index < -0.39 is 0 Å². The number of halogens is 1. The normalized spacial score (nSPS) is 15.6. The van der Waals surface area contributed by atoms with Gasteiger partial charge in [0.1, 0.15) is 5.75 Å². The molecule has 114 valence electrons. The molecule has 1 amide bonds. The fraction of sp³-hybridized carbons (Fsp3) is 0.467. The quantitative estimate of drug-likeness (QED) is 0.867. The fourth-order valence-electron chi connectivity index (χ4n) is 2.13. The topological polar surface area (TPSA) is 41.6 Å². The molecule has 0 radical (unpaired) electrons. The van der Waals surface area contributed by atoms with Crippen LogP contribution in [0.3, 0.4) is 0 Å². The van der Waals surface area contributed by atoms with Crippen molar-refractivity contribution in [2.45, 2.75) is 19.8 Å². The van der Waals surface area contributed by atoms with E-state index >= 15 is 0 Å². The van der Waals surface area contributed by atoms with Gasteiger partial charge in [-0.1, -0.05) is 18.5 Å². The van der Waals surface area contributed by atoms with Gasteiger partial charge in [-0.2, -0.15) is 0 Å². The van der Waals surface area contributed by atoms with Crippen molar-refractivity contribution in [2.75, 3.05) is 19.7 Å². The van der Waals surface area contributed by atoms with E-state index in [2.05, 4.69) is 12.2 Å². The number of hydrogen-bond donors (Lipinski definition) is 1. The van der Waals surface area contributed by atoms with E-state index in [1.165, 1.54) is 0 Å². The smallest absolute Gasteiger partial charge is 0.264 e. The molecule has 0 bridgehead atoms. The van der Waals surface area contributed by atoms with Gasteiger partial charge in [-0.25, -0.2) is 0 Å². The highest BCUT2D eigenvalue weighted by atomic mass is 35.5. The van der Waals surface area contributed by atoms with Gasteiger partial charge in [0.2, 0.25) is 0 Å². The Bertz CT molecular complexity index is 499. The molecule has 1 saturated heterocycles. The van der Waals surface area contributed by atoms with Crippen molar-refractivity contribution < 1.29 is 9.53 Å². The van der Waals surface area contributed by atoms with E-state index in [1.807, 2.05) is 4.90 Å². The van der Waals surface area contributed by atoms with E-state index in [4.69, 9.17) is 28.6 Å². The third-order valence-electron chi connectivity index (χ3n) is 3.50.